The summed E-state index contributed by atoms with van der Waals surface area (Å²) in [4.78, 5) is 14.8. The summed E-state index contributed by atoms with van der Waals surface area (Å²) in [6.07, 6.45) is 5.41. The quantitative estimate of drug-likeness (QED) is 0.681. The van der Waals surface area contributed by atoms with Crippen molar-refractivity contribution in [3.63, 3.8) is 0 Å². The van der Waals surface area contributed by atoms with Crippen LogP contribution in [0.4, 0.5) is 0 Å². The molecule has 1 saturated heterocycles. The van der Waals surface area contributed by atoms with Crippen LogP contribution in [0.1, 0.15) is 59.8 Å². The molecule has 1 unspecified atom stereocenters. The van der Waals surface area contributed by atoms with E-state index < -0.39 is 0 Å². The van der Waals surface area contributed by atoms with Crippen LogP contribution in [-0.2, 0) is 4.79 Å². The van der Waals surface area contributed by atoms with Gasteiger partial charge in [-0.05, 0) is 38.5 Å². The number of hydrogen-bond acceptors (Lipinski definition) is 2. The maximum absolute atomic E-state index is 12.3. The molecule has 1 saturated carbocycles. The van der Waals surface area contributed by atoms with E-state index in [1.165, 1.54) is 12.8 Å². The Hall–Kier alpha value is -0.370. The van der Waals surface area contributed by atoms with Gasteiger partial charge >= 0.3 is 0 Å². The van der Waals surface area contributed by atoms with Gasteiger partial charge in [0, 0.05) is 19.0 Å². The third-order valence-corrected chi connectivity index (χ3v) is 4.49. The van der Waals surface area contributed by atoms with Crippen molar-refractivity contribution in [1.82, 2.24) is 4.90 Å². The van der Waals surface area contributed by atoms with E-state index in [-0.39, 0.29) is 5.54 Å². The van der Waals surface area contributed by atoms with Gasteiger partial charge in [0.25, 0.3) is 0 Å². The molecule has 2 heteroatoms. The van der Waals surface area contributed by atoms with E-state index in [4.69, 9.17) is 0 Å². The van der Waals surface area contributed by atoms with Gasteiger partial charge in [-0.15, -0.1) is 0 Å². The van der Waals surface area contributed by atoms with E-state index in [1.54, 1.807) is 0 Å². The zero-order valence-corrected chi connectivity index (χ0v) is 11.2. The first-order chi connectivity index (χ1) is 7.37. The first kappa shape index (κ1) is 12.1. The fraction of sp³-hybridized carbons (Fsp3) is 0.929. The normalized spacial score (nSPS) is 35.2. The van der Waals surface area contributed by atoms with Crippen molar-refractivity contribution in [2.24, 2.45) is 5.41 Å². The summed E-state index contributed by atoms with van der Waals surface area (Å²) in [7, 11) is 0. The van der Waals surface area contributed by atoms with E-state index in [1.807, 2.05) is 0 Å². The molecule has 2 nitrogen and oxygen atoms in total. The summed E-state index contributed by atoms with van der Waals surface area (Å²) in [5, 5.41) is 0. The number of carbonyl (C=O) groups is 1. The molecule has 0 aromatic rings. The predicted octanol–water partition coefficient (Wildman–Crippen LogP) is 3.01. The maximum Gasteiger partial charge on any atom is 0.154 e. The smallest absolute Gasteiger partial charge is 0.154 e. The Labute approximate surface area is 99.4 Å². The molecule has 2 fully saturated rings. The topological polar surface area (TPSA) is 20.3 Å². The van der Waals surface area contributed by atoms with Gasteiger partial charge in [0.1, 0.15) is 0 Å². The lowest BCUT2D eigenvalue weighted by molar-refractivity contribution is -0.130. The van der Waals surface area contributed by atoms with E-state index in [9.17, 15) is 4.79 Å². The van der Waals surface area contributed by atoms with Crippen molar-refractivity contribution < 1.29 is 4.79 Å². The number of nitrogens with zero attached hydrogens (tertiary/aromatic N) is 1. The Bertz CT molecular complexity index is 295. The Kier molecular flexibility index (Phi) is 2.90. The summed E-state index contributed by atoms with van der Waals surface area (Å²) in [5.74, 6) is 0.508. The largest absolute Gasteiger partial charge is 0.298 e. The van der Waals surface area contributed by atoms with Gasteiger partial charge < -0.3 is 0 Å². The van der Waals surface area contributed by atoms with Crippen LogP contribution < -0.4 is 0 Å². The first-order valence-electron chi connectivity index (χ1n) is 6.67. The third-order valence-electron chi connectivity index (χ3n) is 4.49. The highest BCUT2D eigenvalue weighted by molar-refractivity contribution is 5.90. The lowest BCUT2D eigenvalue weighted by atomic mass is 9.66. The average molecular weight is 223 g/mol. The van der Waals surface area contributed by atoms with Crippen molar-refractivity contribution in [2.45, 2.75) is 71.4 Å². The minimum absolute atomic E-state index is 0.101. The molecule has 2 rings (SSSR count). The van der Waals surface area contributed by atoms with E-state index in [0.29, 0.717) is 17.2 Å². The molecule has 1 aliphatic heterocycles. The van der Waals surface area contributed by atoms with Crippen LogP contribution >= 0.6 is 0 Å². The van der Waals surface area contributed by atoms with Crippen LogP contribution in [0.15, 0.2) is 0 Å². The second kappa shape index (κ2) is 3.83. The van der Waals surface area contributed by atoms with E-state index in [2.05, 4.69) is 32.6 Å². The van der Waals surface area contributed by atoms with Crippen LogP contribution in [0, 0.1) is 5.41 Å². The summed E-state index contributed by atoms with van der Waals surface area (Å²) in [6.45, 7) is 10.1. The molecule has 16 heavy (non-hydrogen) atoms. The Morgan fingerprint density at radius 1 is 1.25 bits per heavy atom. The van der Waals surface area contributed by atoms with Gasteiger partial charge in [0.15, 0.2) is 5.78 Å². The van der Waals surface area contributed by atoms with Gasteiger partial charge in [-0.2, -0.15) is 0 Å². The highest BCUT2D eigenvalue weighted by atomic mass is 16.1. The van der Waals surface area contributed by atoms with Gasteiger partial charge in [-0.1, -0.05) is 20.3 Å². The molecule has 0 N–H and O–H groups in total. The van der Waals surface area contributed by atoms with Crippen molar-refractivity contribution >= 4 is 5.78 Å². The van der Waals surface area contributed by atoms with Crippen LogP contribution in [0.25, 0.3) is 0 Å². The summed E-state index contributed by atoms with van der Waals surface area (Å²) < 4.78 is 0. The van der Waals surface area contributed by atoms with Gasteiger partial charge in [0.05, 0.1) is 5.54 Å². The summed E-state index contributed by atoms with van der Waals surface area (Å²) in [6, 6.07) is 0.500. The van der Waals surface area contributed by atoms with Crippen molar-refractivity contribution in [3.05, 3.63) is 0 Å². The molecule has 0 bridgehead atoms. The van der Waals surface area contributed by atoms with Crippen LogP contribution in [0.2, 0.25) is 0 Å². The van der Waals surface area contributed by atoms with Crippen LogP contribution in [0.5, 0.6) is 0 Å². The van der Waals surface area contributed by atoms with Crippen molar-refractivity contribution in [2.75, 3.05) is 6.54 Å². The fourth-order valence-corrected chi connectivity index (χ4v) is 3.89. The Morgan fingerprint density at radius 2 is 1.94 bits per heavy atom. The second-order valence-electron chi connectivity index (χ2n) is 6.69. The number of carbonyl (C=O) groups excluding carboxylic acids is 1. The van der Waals surface area contributed by atoms with E-state index >= 15 is 0 Å². The van der Waals surface area contributed by atoms with Gasteiger partial charge in [-0.3, -0.25) is 9.69 Å². The molecular weight excluding hydrogens is 198 g/mol. The van der Waals surface area contributed by atoms with Crippen LogP contribution in [0.3, 0.4) is 0 Å². The minimum Gasteiger partial charge on any atom is -0.298 e. The molecule has 1 aliphatic carbocycles. The molecule has 0 aromatic carbocycles. The van der Waals surface area contributed by atoms with Gasteiger partial charge in [-0.25, -0.2) is 0 Å². The molecule has 0 amide bonds. The highest BCUT2D eigenvalue weighted by Crippen LogP contribution is 2.47. The number of Topliss-reactive ketones (excluding diaryl/α,β-unsaturated/α-hetero) is 1. The molecule has 0 radical (unpaired) electrons. The van der Waals surface area contributed by atoms with Gasteiger partial charge in [0.2, 0.25) is 0 Å². The monoisotopic (exact) mass is 223 g/mol. The Balaban J connectivity index is 2.29. The highest BCUT2D eigenvalue weighted by Gasteiger charge is 2.52. The molecule has 92 valence electrons. The SMILES string of the molecule is CC(C)N1CCC(=O)C12CCCC(C)(C)C2. The molecule has 1 atom stereocenters. The predicted molar refractivity (Wildman–Crippen MR) is 66.4 cm³/mol. The first-order valence-corrected chi connectivity index (χ1v) is 6.67. The van der Waals surface area contributed by atoms with E-state index in [0.717, 1.165) is 25.8 Å². The second-order valence-corrected chi connectivity index (χ2v) is 6.69. The summed E-state index contributed by atoms with van der Waals surface area (Å²) in [5.41, 5.74) is 0.237. The number of rotatable bonds is 1. The Morgan fingerprint density at radius 3 is 2.50 bits per heavy atom. The lowest BCUT2D eigenvalue weighted by Gasteiger charge is -2.48. The molecule has 1 spiro atoms. The average Bonchev–Trinajstić information content (AvgIpc) is 2.42. The number of hydrogen-bond donors (Lipinski definition) is 0. The maximum atomic E-state index is 12.3. The molecule has 1 heterocycles. The zero-order chi connectivity index (χ0) is 12.0. The molecule has 2 aliphatic rings. The van der Waals surface area contributed by atoms with Crippen LogP contribution in [-0.4, -0.2) is 28.8 Å². The minimum atomic E-state index is -0.101. The number of likely N-dealkylation sites (tertiary alicyclic amines) is 1. The molecule has 0 aromatic heterocycles. The lowest BCUT2D eigenvalue weighted by Crippen LogP contribution is -2.55. The standard InChI is InChI=1S/C14H25NO/c1-11(2)15-9-6-12(16)14(15)8-5-7-13(3,4)10-14/h11H,5-10H2,1-4H3. The third kappa shape index (κ3) is 1.81. The molecular formula is C14H25NO. The van der Waals surface area contributed by atoms with Crippen molar-refractivity contribution in [1.29, 1.82) is 0 Å². The fourth-order valence-electron chi connectivity index (χ4n) is 3.89. The zero-order valence-electron chi connectivity index (χ0n) is 11.2. The summed E-state index contributed by atoms with van der Waals surface area (Å²) >= 11 is 0. The van der Waals surface area contributed by atoms with Crippen molar-refractivity contribution in [3.8, 4) is 0 Å². The number of ketones is 1.